The number of hydrogen-bond acceptors (Lipinski definition) is 2. The molecule has 1 unspecified atom stereocenters. The number of hydrogen-bond donors (Lipinski definition) is 0. The maximum atomic E-state index is 4.71. The number of nitrogens with zero attached hydrogens (tertiary/aromatic N) is 6. The number of aromatic nitrogens is 4. The molecule has 0 N–H and O–H groups in total. The van der Waals surface area contributed by atoms with Gasteiger partial charge in [-0.3, -0.25) is 9.98 Å². The molecular formula is C16H28N6. The molecule has 0 saturated carbocycles. The Balaban J connectivity index is 1.83. The van der Waals surface area contributed by atoms with Crippen molar-refractivity contribution in [3.63, 3.8) is 0 Å². The average Bonchev–Trinajstić information content (AvgIpc) is 2.97. The molecule has 6 heteroatoms. The highest BCUT2D eigenvalue weighted by atomic mass is 15.2. The Kier molecular flexibility index (Phi) is 5.46. The predicted octanol–water partition coefficient (Wildman–Crippen LogP) is 0.959. The van der Waals surface area contributed by atoms with E-state index in [4.69, 9.17) is 4.99 Å². The van der Waals surface area contributed by atoms with E-state index in [-0.39, 0.29) is 0 Å². The van der Waals surface area contributed by atoms with Gasteiger partial charge in [0.1, 0.15) is 0 Å². The predicted molar refractivity (Wildman–Crippen MR) is 88.0 cm³/mol. The lowest BCUT2D eigenvalue weighted by Gasteiger charge is -2.07. The van der Waals surface area contributed by atoms with Gasteiger partial charge < -0.3 is 18.3 Å². The molecule has 2 aromatic heterocycles. The van der Waals surface area contributed by atoms with Crippen LogP contribution in [0.25, 0.3) is 0 Å². The molecule has 0 aliphatic carbocycles. The fraction of sp³-hybridized carbons (Fsp3) is 0.625. The molecule has 1 atom stereocenters. The van der Waals surface area contributed by atoms with Crippen LogP contribution in [0.3, 0.4) is 0 Å². The van der Waals surface area contributed by atoms with Crippen molar-refractivity contribution in [2.45, 2.75) is 19.8 Å². The fourth-order valence-electron chi connectivity index (χ4n) is 2.56. The third-order valence-electron chi connectivity index (χ3n) is 3.94. The van der Waals surface area contributed by atoms with Crippen molar-refractivity contribution >= 4 is 0 Å². The lowest BCUT2D eigenvalue weighted by molar-refractivity contribution is 0.510. The molecule has 0 spiro atoms. The Labute approximate surface area is 132 Å². The quantitative estimate of drug-likeness (QED) is 0.714. The van der Waals surface area contributed by atoms with Crippen molar-refractivity contribution in [3.05, 3.63) is 36.0 Å². The maximum Gasteiger partial charge on any atom is 0.204 e. The van der Waals surface area contributed by atoms with Crippen LogP contribution in [-0.4, -0.2) is 31.4 Å². The largest absolute Gasteiger partial charge is 0.321 e. The van der Waals surface area contributed by atoms with Crippen molar-refractivity contribution in [2.75, 3.05) is 13.1 Å². The second-order valence-corrected chi connectivity index (χ2v) is 6.11. The van der Waals surface area contributed by atoms with Gasteiger partial charge in [-0.15, -0.1) is 0 Å². The normalized spacial score (nSPS) is 12.4. The molecule has 22 heavy (non-hydrogen) atoms. The van der Waals surface area contributed by atoms with Gasteiger partial charge >= 0.3 is 0 Å². The molecule has 0 bridgehead atoms. The van der Waals surface area contributed by atoms with Crippen molar-refractivity contribution < 1.29 is 0 Å². The highest BCUT2D eigenvalue weighted by Gasteiger charge is 2.02. The zero-order chi connectivity index (χ0) is 16.1. The van der Waals surface area contributed by atoms with Gasteiger partial charge in [0.05, 0.1) is 0 Å². The molecule has 122 valence electrons. The van der Waals surface area contributed by atoms with Crippen LogP contribution in [0.15, 0.2) is 34.8 Å². The molecule has 2 heterocycles. The molecule has 2 rings (SSSR count). The third kappa shape index (κ3) is 4.02. The topological polar surface area (TPSA) is 44.4 Å². The van der Waals surface area contributed by atoms with Crippen LogP contribution in [0.1, 0.15) is 19.8 Å². The zero-order valence-corrected chi connectivity index (χ0v) is 14.4. The minimum absolute atomic E-state index is 0.576. The molecule has 0 fully saturated rings. The lowest BCUT2D eigenvalue weighted by atomic mass is 10.1. The van der Waals surface area contributed by atoms with Gasteiger partial charge in [0, 0.05) is 66.1 Å². The molecule has 0 aliphatic heterocycles. The van der Waals surface area contributed by atoms with Gasteiger partial charge in [-0.25, -0.2) is 0 Å². The minimum atomic E-state index is 0.576. The first-order chi connectivity index (χ1) is 10.5. The second kappa shape index (κ2) is 7.33. The van der Waals surface area contributed by atoms with Crippen LogP contribution < -0.4 is 11.2 Å². The summed E-state index contributed by atoms with van der Waals surface area (Å²) in [7, 11) is 8.12. The minimum Gasteiger partial charge on any atom is -0.321 e. The Hall–Kier alpha value is -1.98. The molecule has 0 saturated heterocycles. The Morgan fingerprint density at radius 1 is 0.818 bits per heavy atom. The van der Waals surface area contributed by atoms with Crippen molar-refractivity contribution in [3.8, 4) is 0 Å². The van der Waals surface area contributed by atoms with Gasteiger partial charge in [-0.05, 0) is 18.8 Å². The van der Waals surface area contributed by atoms with E-state index >= 15 is 0 Å². The second-order valence-electron chi connectivity index (χ2n) is 6.11. The molecule has 6 nitrogen and oxygen atoms in total. The fourth-order valence-corrected chi connectivity index (χ4v) is 2.56. The van der Waals surface area contributed by atoms with Crippen LogP contribution >= 0.6 is 0 Å². The first kappa shape index (κ1) is 16.4. The summed E-state index contributed by atoms with van der Waals surface area (Å²) in [6.45, 7) is 3.99. The number of aryl methyl sites for hydroxylation is 4. The van der Waals surface area contributed by atoms with Crippen molar-refractivity contribution in [2.24, 2.45) is 44.1 Å². The highest BCUT2D eigenvalue weighted by molar-refractivity contribution is 4.78. The van der Waals surface area contributed by atoms with Gasteiger partial charge in [0.2, 0.25) is 11.2 Å². The highest BCUT2D eigenvalue weighted by Crippen LogP contribution is 2.05. The van der Waals surface area contributed by atoms with Gasteiger partial charge in [-0.2, -0.15) is 0 Å². The summed E-state index contributed by atoms with van der Waals surface area (Å²) < 4.78 is 8.21. The molecule has 2 aromatic rings. The summed E-state index contributed by atoms with van der Waals surface area (Å²) in [6.07, 6.45) is 10.4. The average molecular weight is 304 g/mol. The van der Waals surface area contributed by atoms with E-state index in [1.54, 1.807) is 0 Å². The number of rotatable bonds is 6. The monoisotopic (exact) mass is 304 g/mol. The van der Waals surface area contributed by atoms with E-state index in [2.05, 4.69) is 21.1 Å². The van der Waals surface area contributed by atoms with E-state index < -0.39 is 0 Å². The van der Waals surface area contributed by atoms with Crippen LogP contribution in [0.5, 0.6) is 0 Å². The first-order valence-electron chi connectivity index (χ1n) is 7.86. The molecule has 0 aliphatic rings. The summed E-state index contributed by atoms with van der Waals surface area (Å²) in [5.74, 6) is 0.576. The zero-order valence-electron chi connectivity index (χ0n) is 14.4. The Morgan fingerprint density at radius 2 is 1.27 bits per heavy atom. The first-order valence-corrected chi connectivity index (χ1v) is 7.86. The smallest absolute Gasteiger partial charge is 0.204 e. The van der Waals surface area contributed by atoms with E-state index in [9.17, 15) is 0 Å². The standard InChI is InChI=1S/C16H28N6/c1-14(13-18-16-21(4)11-12-22(16)5)7-6-8-17-15-19(2)9-10-20(15)3/h9-12,14H,6-8,13H2,1-5H3. The molecule has 0 radical (unpaired) electrons. The van der Waals surface area contributed by atoms with E-state index in [1.807, 2.05) is 62.1 Å². The summed E-state index contributed by atoms with van der Waals surface area (Å²) in [5.41, 5.74) is 2.04. The number of imidazole rings is 2. The van der Waals surface area contributed by atoms with E-state index in [0.29, 0.717) is 5.92 Å². The maximum absolute atomic E-state index is 4.71. The third-order valence-corrected chi connectivity index (χ3v) is 3.94. The van der Waals surface area contributed by atoms with E-state index in [0.717, 1.165) is 37.2 Å². The summed E-state index contributed by atoms with van der Waals surface area (Å²) in [5, 5.41) is 0. The summed E-state index contributed by atoms with van der Waals surface area (Å²) >= 11 is 0. The van der Waals surface area contributed by atoms with Crippen LogP contribution in [-0.2, 0) is 28.2 Å². The lowest BCUT2D eigenvalue weighted by Crippen LogP contribution is -2.23. The Morgan fingerprint density at radius 3 is 1.77 bits per heavy atom. The van der Waals surface area contributed by atoms with Gasteiger partial charge in [0.25, 0.3) is 0 Å². The summed E-state index contributed by atoms with van der Waals surface area (Å²) in [4.78, 5) is 9.37. The van der Waals surface area contributed by atoms with Gasteiger partial charge in [-0.1, -0.05) is 6.92 Å². The Bertz CT molecular complexity index is 679. The van der Waals surface area contributed by atoms with Crippen LogP contribution in [0.4, 0.5) is 0 Å². The van der Waals surface area contributed by atoms with Crippen LogP contribution in [0.2, 0.25) is 0 Å². The van der Waals surface area contributed by atoms with Crippen LogP contribution in [0, 0.1) is 5.92 Å². The molecule has 0 aromatic carbocycles. The van der Waals surface area contributed by atoms with Gasteiger partial charge in [0.15, 0.2) is 0 Å². The van der Waals surface area contributed by atoms with E-state index in [1.165, 1.54) is 0 Å². The van der Waals surface area contributed by atoms with Crippen molar-refractivity contribution in [1.29, 1.82) is 0 Å². The SMILES string of the molecule is CC(CCCN=c1n(C)ccn1C)CN=c1n(C)ccn1C. The van der Waals surface area contributed by atoms with Crippen molar-refractivity contribution in [1.82, 2.24) is 18.3 Å². The summed E-state index contributed by atoms with van der Waals surface area (Å²) in [6, 6.07) is 0. The molecular weight excluding hydrogens is 276 g/mol. The molecule has 0 amide bonds.